The van der Waals surface area contributed by atoms with Crippen molar-refractivity contribution < 1.29 is 9.72 Å². The van der Waals surface area contributed by atoms with E-state index < -0.39 is 4.92 Å². The number of nitro benzene ring substituents is 1. The van der Waals surface area contributed by atoms with E-state index in [1.807, 2.05) is 0 Å². The molecule has 1 aliphatic heterocycles. The molecule has 1 heterocycles. The van der Waals surface area contributed by atoms with Crippen LogP contribution in [0.2, 0.25) is 0 Å². The van der Waals surface area contributed by atoms with Crippen LogP contribution in [0.3, 0.4) is 0 Å². The van der Waals surface area contributed by atoms with Gasteiger partial charge in [0.05, 0.1) is 4.92 Å². The number of carbonyl (C=O) groups is 1. The Balaban J connectivity index is 2.10. The van der Waals surface area contributed by atoms with E-state index in [9.17, 15) is 14.9 Å². The number of nitrogens with zero attached hydrogens (tertiary/aromatic N) is 1. The first-order chi connectivity index (χ1) is 8.68. The first kappa shape index (κ1) is 12.5. The molecule has 1 aromatic carbocycles. The number of rotatable bonds is 3. The van der Waals surface area contributed by atoms with Gasteiger partial charge in [-0.15, -0.1) is 0 Å². The summed E-state index contributed by atoms with van der Waals surface area (Å²) in [6.07, 6.45) is 1.90. The molecule has 1 aliphatic rings. The van der Waals surface area contributed by atoms with Crippen molar-refractivity contribution in [1.29, 1.82) is 0 Å². The number of amides is 1. The third-order valence-corrected chi connectivity index (χ3v) is 2.98. The lowest BCUT2D eigenvalue weighted by atomic mass is 10.1. The summed E-state index contributed by atoms with van der Waals surface area (Å²) in [6, 6.07) is 6.04. The Morgan fingerprint density at radius 1 is 1.44 bits per heavy atom. The Morgan fingerprint density at radius 3 is 2.89 bits per heavy atom. The molecular formula is C12H15N3O3. The zero-order valence-corrected chi connectivity index (χ0v) is 9.89. The molecule has 6 nitrogen and oxygen atoms in total. The molecule has 1 amide bonds. The van der Waals surface area contributed by atoms with Crippen LogP contribution in [0, 0.1) is 10.1 Å². The van der Waals surface area contributed by atoms with Gasteiger partial charge in [0.1, 0.15) is 5.56 Å². The monoisotopic (exact) mass is 249 g/mol. The summed E-state index contributed by atoms with van der Waals surface area (Å²) in [7, 11) is 0. The highest BCUT2D eigenvalue weighted by atomic mass is 16.6. The summed E-state index contributed by atoms with van der Waals surface area (Å²) in [5.74, 6) is -0.379. The predicted octanol–water partition coefficient (Wildman–Crippen LogP) is 1.08. The van der Waals surface area contributed by atoms with E-state index in [1.54, 1.807) is 12.1 Å². The molecule has 1 fully saturated rings. The summed E-state index contributed by atoms with van der Waals surface area (Å²) >= 11 is 0. The summed E-state index contributed by atoms with van der Waals surface area (Å²) in [6.45, 7) is 1.67. The predicted molar refractivity (Wildman–Crippen MR) is 66.5 cm³/mol. The van der Waals surface area contributed by atoms with E-state index in [-0.39, 0.29) is 23.2 Å². The van der Waals surface area contributed by atoms with Gasteiger partial charge in [-0.25, -0.2) is 0 Å². The van der Waals surface area contributed by atoms with Crippen molar-refractivity contribution in [3.05, 3.63) is 39.9 Å². The molecule has 0 unspecified atom stereocenters. The van der Waals surface area contributed by atoms with Gasteiger partial charge in [0.2, 0.25) is 0 Å². The lowest BCUT2D eigenvalue weighted by Gasteiger charge is -2.23. The first-order valence-electron chi connectivity index (χ1n) is 5.93. The van der Waals surface area contributed by atoms with E-state index >= 15 is 0 Å². The van der Waals surface area contributed by atoms with Gasteiger partial charge in [-0.1, -0.05) is 12.1 Å². The number of carbonyl (C=O) groups excluding carboxylic acids is 1. The van der Waals surface area contributed by atoms with Crippen molar-refractivity contribution in [3.63, 3.8) is 0 Å². The molecule has 0 aliphatic carbocycles. The highest BCUT2D eigenvalue weighted by Gasteiger charge is 2.22. The third-order valence-electron chi connectivity index (χ3n) is 2.98. The van der Waals surface area contributed by atoms with E-state index in [1.165, 1.54) is 12.1 Å². The smallest absolute Gasteiger partial charge is 0.282 e. The minimum Gasteiger partial charge on any atom is -0.348 e. The Labute approximate surface area is 105 Å². The van der Waals surface area contributed by atoms with Gasteiger partial charge in [0.15, 0.2) is 0 Å². The van der Waals surface area contributed by atoms with Gasteiger partial charge in [-0.2, -0.15) is 0 Å². The largest absolute Gasteiger partial charge is 0.348 e. The summed E-state index contributed by atoms with van der Waals surface area (Å²) in [5, 5.41) is 16.8. The van der Waals surface area contributed by atoms with E-state index in [0.29, 0.717) is 6.54 Å². The maximum absolute atomic E-state index is 12.0. The van der Waals surface area contributed by atoms with Crippen molar-refractivity contribution in [2.45, 2.75) is 18.9 Å². The average Bonchev–Trinajstić information content (AvgIpc) is 2.40. The normalized spacial score (nSPS) is 19.2. The lowest BCUT2D eigenvalue weighted by molar-refractivity contribution is -0.385. The van der Waals surface area contributed by atoms with Crippen molar-refractivity contribution >= 4 is 11.6 Å². The second-order valence-electron chi connectivity index (χ2n) is 4.29. The maximum atomic E-state index is 12.0. The highest BCUT2D eigenvalue weighted by molar-refractivity contribution is 5.98. The Bertz CT molecular complexity index is 456. The molecule has 0 saturated carbocycles. The van der Waals surface area contributed by atoms with Crippen LogP contribution in [0.25, 0.3) is 0 Å². The van der Waals surface area contributed by atoms with Crippen LogP contribution < -0.4 is 10.6 Å². The molecule has 96 valence electrons. The van der Waals surface area contributed by atoms with Gasteiger partial charge in [0.25, 0.3) is 11.6 Å². The first-order valence-corrected chi connectivity index (χ1v) is 5.93. The Morgan fingerprint density at radius 2 is 2.22 bits per heavy atom. The van der Waals surface area contributed by atoms with Gasteiger partial charge in [-0.05, 0) is 25.5 Å². The standard InChI is InChI=1S/C12H15N3O3/c16-12(14-9-4-3-7-13-8-9)10-5-1-2-6-11(10)15(17)18/h1-2,5-6,9,13H,3-4,7-8H2,(H,14,16)/t9-/m1/s1. The van der Waals surface area contributed by atoms with Crippen LogP contribution in [0.5, 0.6) is 0 Å². The molecule has 0 radical (unpaired) electrons. The quantitative estimate of drug-likeness (QED) is 0.620. The molecule has 1 aromatic rings. The fourth-order valence-electron chi connectivity index (χ4n) is 2.06. The van der Waals surface area contributed by atoms with Crippen LogP contribution in [0.15, 0.2) is 24.3 Å². The molecule has 2 rings (SSSR count). The maximum Gasteiger partial charge on any atom is 0.282 e. The topological polar surface area (TPSA) is 84.3 Å². The second kappa shape index (κ2) is 5.59. The van der Waals surface area contributed by atoms with Gasteiger partial charge < -0.3 is 10.6 Å². The number of hydrogen-bond donors (Lipinski definition) is 2. The lowest BCUT2D eigenvalue weighted by Crippen LogP contribution is -2.45. The minimum atomic E-state index is -0.534. The molecule has 0 bridgehead atoms. The average molecular weight is 249 g/mol. The Kier molecular flexibility index (Phi) is 3.88. The van der Waals surface area contributed by atoms with Crippen LogP contribution in [0.1, 0.15) is 23.2 Å². The van der Waals surface area contributed by atoms with Gasteiger partial charge in [0, 0.05) is 18.7 Å². The number of piperidine rings is 1. The summed E-state index contributed by atoms with van der Waals surface area (Å²) < 4.78 is 0. The van der Waals surface area contributed by atoms with E-state index in [0.717, 1.165) is 19.4 Å². The van der Waals surface area contributed by atoms with Crippen LogP contribution in [-0.2, 0) is 0 Å². The minimum absolute atomic E-state index is 0.0473. The second-order valence-corrected chi connectivity index (χ2v) is 4.29. The number of para-hydroxylation sites is 1. The van der Waals surface area contributed by atoms with Crippen molar-refractivity contribution in [2.24, 2.45) is 0 Å². The van der Waals surface area contributed by atoms with Crippen molar-refractivity contribution in [2.75, 3.05) is 13.1 Å². The zero-order chi connectivity index (χ0) is 13.0. The number of nitro groups is 1. The van der Waals surface area contributed by atoms with Crippen LogP contribution in [-0.4, -0.2) is 30.0 Å². The molecular weight excluding hydrogens is 234 g/mol. The molecule has 0 aromatic heterocycles. The molecule has 1 atom stereocenters. The van der Waals surface area contributed by atoms with Crippen molar-refractivity contribution in [1.82, 2.24) is 10.6 Å². The van der Waals surface area contributed by atoms with E-state index in [4.69, 9.17) is 0 Å². The number of benzene rings is 1. The summed E-state index contributed by atoms with van der Waals surface area (Å²) in [4.78, 5) is 22.3. The molecule has 2 N–H and O–H groups in total. The molecule has 0 spiro atoms. The fraction of sp³-hybridized carbons (Fsp3) is 0.417. The molecule has 18 heavy (non-hydrogen) atoms. The summed E-state index contributed by atoms with van der Waals surface area (Å²) in [5.41, 5.74) is -0.0353. The fourth-order valence-corrected chi connectivity index (χ4v) is 2.06. The Hall–Kier alpha value is -1.95. The van der Waals surface area contributed by atoms with Crippen LogP contribution in [0.4, 0.5) is 5.69 Å². The SMILES string of the molecule is O=C(N[C@@H]1CCCNC1)c1ccccc1[N+](=O)[O-]. The third kappa shape index (κ3) is 2.84. The van der Waals surface area contributed by atoms with E-state index in [2.05, 4.69) is 10.6 Å². The number of nitrogens with one attached hydrogen (secondary N) is 2. The molecule has 6 heteroatoms. The van der Waals surface area contributed by atoms with Gasteiger partial charge in [-0.3, -0.25) is 14.9 Å². The molecule has 1 saturated heterocycles. The van der Waals surface area contributed by atoms with Crippen LogP contribution >= 0.6 is 0 Å². The van der Waals surface area contributed by atoms with Gasteiger partial charge >= 0.3 is 0 Å². The highest BCUT2D eigenvalue weighted by Crippen LogP contribution is 2.17. The zero-order valence-electron chi connectivity index (χ0n) is 9.89. The van der Waals surface area contributed by atoms with Crippen molar-refractivity contribution in [3.8, 4) is 0 Å². The number of hydrogen-bond acceptors (Lipinski definition) is 4.